The van der Waals surface area contributed by atoms with Crippen LogP contribution in [0.5, 0.6) is 0 Å². The molecule has 1 heterocycles. The zero-order chi connectivity index (χ0) is 14.5. The van der Waals surface area contributed by atoms with Crippen LogP contribution in [0.25, 0.3) is 0 Å². The summed E-state index contributed by atoms with van der Waals surface area (Å²) in [5.74, 6) is 1.03. The van der Waals surface area contributed by atoms with Crippen molar-refractivity contribution >= 4 is 21.7 Å². The average molecular weight is 334 g/mol. The van der Waals surface area contributed by atoms with Crippen molar-refractivity contribution in [2.45, 2.75) is 20.0 Å². The van der Waals surface area contributed by atoms with Crippen molar-refractivity contribution in [2.24, 2.45) is 0 Å². The van der Waals surface area contributed by atoms with E-state index < -0.39 is 0 Å². The largest absolute Gasteiger partial charge is 0.355 e. The summed E-state index contributed by atoms with van der Waals surface area (Å²) in [6, 6.07) is 10.6. The molecule has 0 saturated heterocycles. The zero-order valence-corrected chi connectivity index (χ0v) is 13.7. The Kier molecular flexibility index (Phi) is 5.15. The van der Waals surface area contributed by atoms with Gasteiger partial charge >= 0.3 is 0 Å². The van der Waals surface area contributed by atoms with E-state index in [9.17, 15) is 0 Å². The Morgan fingerprint density at radius 2 is 1.90 bits per heavy atom. The average Bonchev–Trinajstić information content (AvgIpc) is 2.42. The van der Waals surface area contributed by atoms with Crippen LogP contribution in [0, 0.1) is 6.92 Å². The maximum Gasteiger partial charge on any atom is 0.131 e. The molecule has 1 aromatic carbocycles. The number of halogens is 1. The first-order valence-corrected chi connectivity index (χ1v) is 7.45. The SMILES string of the molecule is CNCc1cnc(N(C)Cc2ccc(Br)cc2)c(C)c1. The highest BCUT2D eigenvalue weighted by atomic mass is 79.9. The predicted molar refractivity (Wildman–Crippen MR) is 88.0 cm³/mol. The molecule has 4 heteroatoms. The summed E-state index contributed by atoms with van der Waals surface area (Å²) in [5.41, 5.74) is 3.69. The van der Waals surface area contributed by atoms with Gasteiger partial charge in [-0.05, 0) is 48.9 Å². The van der Waals surface area contributed by atoms with E-state index in [4.69, 9.17) is 0 Å². The summed E-state index contributed by atoms with van der Waals surface area (Å²) in [5, 5.41) is 3.15. The molecule has 0 aliphatic carbocycles. The lowest BCUT2D eigenvalue weighted by Crippen LogP contribution is -2.19. The Bertz CT molecular complexity index is 566. The summed E-state index contributed by atoms with van der Waals surface area (Å²) in [6.45, 7) is 3.82. The predicted octanol–water partition coefficient (Wildman–Crippen LogP) is 3.51. The highest BCUT2D eigenvalue weighted by molar-refractivity contribution is 9.10. The maximum atomic E-state index is 4.59. The number of rotatable bonds is 5. The van der Waals surface area contributed by atoms with E-state index in [1.165, 1.54) is 16.7 Å². The van der Waals surface area contributed by atoms with Crippen molar-refractivity contribution in [1.82, 2.24) is 10.3 Å². The molecule has 0 atom stereocenters. The minimum Gasteiger partial charge on any atom is -0.355 e. The molecule has 0 radical (unpaired) electrons. The highest BCUT2D eigenvalue weighted by Crippen LogP contribution is 2.19. The molecule has 1 aromatic heterocycles. The van der Waals surface area contributed by atoms with Crippen molar-refractivity contribution in [3.05, 3.63) is 57.7 Å². The van der Waals surface area contributed by atoms with Gasteiger partial charge in [0.15, 0.2) is 0 Å². The number of pyridine rings is 1. The van der Waals surface area contributed by atoms with Gasteiger partial charge in [-0.3, -0.25) is 0 Å². The molecule has 106 valence electrons. The van der Waals surface area contributed by atoms with E-state index in [1.54, 1.807) is 0 Å². The molecule has 0 fully saturated rings. The standard InChI is InChI=1S/C16H20BrN3/c1-12-8-14(9-18-2)10-19-16(12)20(3)11-13-4-6-15(17)7-5-13/h4-8,10,18H,9,11H2,1-3H3. The van der Waals surface area contributed by atoms with Gasteiger partial charge in [0, 0.05) is 30.8 Å². The third-order valence-electron chi connectivity index (χ3n) is 3.18. The number of hydrogen-bond acceptors (Lipinski definition) is 3. The number of aromatic nitrogens is 1. The molecular weight excluding hydrogens is 314 g/mol. The highest BCUT2D eigenvalue weighted by Gasteiger charge is 2.08. The van der Waals surface area contributed by atoms with Gasteiger partial charge in [0.1, 0.15) is 5.82 Å². The number of anilines is 1. The number of benzene rings is 1. The fraction of sp³-hybridized carbons (Fsp3) is 0.312. The van der Waals surface area contributed by atoms with E-state index in [0.29, 0.717) is 0 Å². The van der Waals surface area contributed by atoms with Gasteiger partial charge < -0.3 is 10.2 Å². The third kappa shape index (κ3) is 3.81. The molecule has 0 aliphatic rings. The van der Waals surface area contributed by atoms with Gasteiger partial charge in [0.05, 0.1) is 0 Å². The van der Waals surface area contributed by atoms with E-state index in [0.717, 1.165) is 23.4 Å². The molecule has 0 bridgehead atoms. The Labute approximate surface area is 129 Å². The fourth-order valence-corrected chi connectivity index (χ4v) is 2.53. The van der Waals surface area contributed by atoms with Crippen LogP contribution >= 0.6 is 15.9 Å². The van der Waals surface area contributed by atoms with Crippen molar-refractivity contribution in [3.63, 3.8) is 0 Å². The minimum atomic E-state index is 0.852. The third-order valence-corrected chi connectivity index (χ3v) is 3.71. The van der Waals surface area contributed by atoms with E-state index >= 15 is 0 Å². The van der Waals surface area contributed by atoms with Crippen LogP contribution in [0.3, 0.4) is 0 Å². The van der Waals surface area contributed by atoms with E-state index in [-0.39, 0.29) is 0 Å². The van der Waals surface area contributed by atoms with Gasteiger partial charge in [-0.1, -0.05) is 28.1 Å². The summed E-state index contributed by atoms with van der Waals surface area (Å²) in [6.07, 6.45) is 1.94. The van der Waals surface area contributed by atoms with Crippen LogP contribution in [-0.2, 0) is 13.1 Å². The van der Waals surface area contributed by atoms with Crippen LogP contribution in [0.1, 0.15) is 16.7 Å². The minimum absolute atomic E-state index is 0.852. The topological polar surface area (TPSA) is 28.2 Å². The van der Waals surface area contributed by atoms with Crippen molar-refractivity contribution in [1.29, 1.82) is 0 Å². The fourth-order valence-electron chi connectivity index (χ4n) is 2.26. The Hall–Kier alpha value is -1.39. The monoisotopic (exact) mass is 333 g/mol. The molecule has 0 saturated carbocycles. The van der Waals surface area contributed by atoms with E-state index in [2.05, 4.69) is 75.4 Å². The molecule has 3 nitrogen and oxygen atoms in total. The lowest BCUT2D eigenvalue weighted by Gasteiger charge is -2.20. The first kappa shape index (κ1) is 15.0. The summed E-state index contributed by atoms with van der Waals surface area (Å²) < 4.78 is 1.11. The number of nitrogens with one attached hydrogen (secondary N) is 1. The van der Waals surface area contributed by atoms with Gasteiger partial charge in [0.2, 0.25) is 0 Å². The summed E-state index contributed by atoms with van der Waals surface area (Å²) in [4.78, 5) is 6.77. The van der Waals surface area contributed by atoms with Crippen LogP contribution in [-0.4, -0.2) is 19.1 Å². The maximum absolute atomic E-state index is 4.59. The normalized spacial score (nSPS) is 10.6. The van der Waals surface area contributed by atoms with Gasteiger partial charge in [-0.15, -0.1) is 0 Å². The Morgan fingerprint density at radius 3 is 2.50 bits per heavy atom. The molecule has 2 aromatic rings. The molecule has 0 aliphatic heterocycles. The number of hydrogen-bond donors (Lipinski definition) is 1. The lowest BCUT2D eigenvalue weighted by molar-refractivity contribution is 0.807. The summed E-state index contributed by atoms with van der Waals surface area (Å²) in [7, 11) is 4.03. The molecule has 20 heavy (non-hydrogen) atoms. The Balaban J connectivity index is 2.12. The van der Waals surface area contributed by atoms with Crippen LogP contribution in [0.4, 0.5) is 5.82 Å². The summed E-state index contributed by atoms with van der Waals surface area (Å²) >= 11 is 3.46. The van der Waals surface area contributed by atoms with Crippen LogP contribution < -0.4 is 10.2 Å². The van der Waals surface area contributed by atoms with Gasteiger partial charge in [0.25, 0.3) is 0 Å². The smallest absolute Gasteiger partial charge is 0.131 e. The first-order valence-electron chi connectivity index (χ1n) is 6.66. The lowest BCUT2D eigenvalue weighted by atomic mass is 10.1. The van der Waals surface area contributed by atoms with E-state index in [1.807, 2.05) is 13.2 Å². The first-order chi connectivity index (χ1) is 9.60. The molecular formula is C16H20BrN3. The molecule has 0 amide bonds. The van der Waals surface area contributed by atoms with Gasteiger partial charge in [-0.25, -0.2) is 4.98 Å². The van der Waals surface area contributed by atoms with Gasteiger partial charge in [-0.2, -0.15) is 0 Å². The second kappa shape index (κ2) is 6.86. The zero-order valence-electron chi connectivity index (χ0n) is 12.2. The second-order valence-electron chi connectivity index (χ2n) is 5.00. The molecule has 0 unspecified atom stereocenters. The molecule has 2 rings (SSSR count). The van der Waals surface area contributed by atoms with Crippen LogP contribution in [0.15, 0.2) is 41.0 Å². The van der Waals surface area contributed by atoms with Crippen LogP contribution in [0.2, 0.25) is 0 Å². The number of nitrogens with zero attached hydrogens (tertiary/aromatic N) is 2. The quantitative estimate of drug-likeness (QED) is 0.907. The van der Waals surface area contributed by atoms with Crippen molar-refractivity contribution < 1.29 is 0 Å². The second-order valence-corrected chi connectivity index (χ2v) is 5.91. The molecule has 1 N–H and O–H groups in total. The molecule has 0 spiro atoms. The Morgan fingerprint density at radius 1 is 1.20 bits per heavy atom. The van der Waals surface area contributed by atoms with Crippen molar-refractivity contribution in [2.75, 3.05) is 19.0 Å². The number of aryl methyl sites for hydroxylation is 1. The van der Waals surface area contributed by atoms with Crippen molar-refractivity contribution in [3.8, 4) is 0 Å².